The van der Waals surface area contributed by atoms with Gasteiger partial charge in [-0.1, -0.05) is 55.8 Å². The third kappa shape index (κ3) is 5.50. The molecule has 2 N–H and O–H groups in total. The Kier molecular flexibility index (Phi) is 7.99. The van der Waals surface area contributed by atoms with Crippen LogP contribution in [0.25, 0.3) is 0 Å². The van der Waals surface area contributed by atoms with Gasteiger partial charge in [0.15, 0.2) is 0 Å². The highest BCUT2D eigenvalue weighted by molar-refractivity contribution is 6.30. The number of halogens is 1. The molecule has 0 aromatic heterocycles. The van der Waals surface area contributed by atoms with Gasteiger partial charge in [-0.15, -0.1) is 0 Å². The lowest BCUT2D eigenvalue weighted by Crippen LogP contribution is -2.45. The summed E-state index contributed by atoms with van der Waals surface area (Å²) >= 11 is 6.03. The number of hydrogen-bond acceptors (Lipinski definition) is 2. The maximum atomic E-state index is 12.6. The second-order valence-corrected chi connectivity index (χ2v) is 6.80. The number of nitrogens with one attached hydrogen (secondary N) is 2. The van der Waals surface area contributed by atoms with Gasteiger partial charge in [-0.2, -0.15) is 0 Å². The van der Waals surface area contributed by atoms with Crippen molar-refractivity contribution in [2.75, 3.05) is 5.32 Å². The van der Waals surface area contributed by atoms with Crippen LogP contribution in [0.3, 0.4) is 0 Å². The standard InChI is InChI=1S/C20H23ClN2O.C2H6/c1-14(15-7-5-3-2-4-6-8-15)22-20(24)19-11-9-16-13-17(21)10-12-18(16)23-19;1-2/h2-5,7,10,12-14,19,23H,6,8-9,11H2,1H3,(H,22,24);1-2H3/b4-2?,5-3-,15-7+;. The molecule has 0 spiro atoms. The number of fused-ring (bicyclic) bond motifs is 1. The summed E-state index contributed by atoms with van der Waals surface area (Å²) < 4.78 is 0. The highest BCUT2D eigenvalue weighted by Crippen LogP contribution is 2.27. The van der Waals surface area contributed by atoms with Gasteiger partial charge in [-0.05, 0) is 61.9 Å². The fourth-order valence-corrected chi connectivity index (χ4v) is 3.38. The van der Waals surface area contributed by atoms with E-state index in [-0.39, 0.29) is 18.0 Å². The van der Waals surface area contributed by atoms with Gasteiger partial charge in [0, 0.05) is 16.8 Å². The zero-order valence-electron chi connectivity index (χ0n) is 15.9. The van der Waals surface area contributed by atoms with Crippen LogP contribution in [0.2, 0.25) is 5.02 Å². The van der Waals surface area contributed by atoms with E-state index in [1.807, 2.05) is 44.2 Å². The van der Waals surface area contributed by atoms with Crippen molar-refractivity contribution in [3.63, 3.8) is 0 Å². The maximum Gasteiger partial charge on any atom is 0.242 e. The molecule has 1 aliphatic heterocycles. The predicted octanol–water partition coefficient (Wildman–Crippen LogP) is 5.43. The second-order valence-electron chi connectivity index (χ2n) is 6.36. The molecule has 1 aromatic carbocycles. The topological polar surface area (TPSA) is 41.1 Å². The summed E-state index contributed by atoms with van der Waals surface area (Å²) in [6.07, 6.45) is 14.0. The molecule has 0 saturated carbocycles. The average molecular weight is 373 g/mol. The quantitative estimate of drug-likeness (QED) is 0.742. The van der Waals surface area contributed by atoms with Crippen LogP contribution in [0.15, 0.2) is 54.2 Å². The molecule has 1 heterocycles. The Balaban J connectivity index is 0.00000117. The van der Waals surface area contributed by atoms with E-state index in [9.17, 15) is 4.79 Å². The summed E-state index contributed by atoms with van der Waals surface area (Å²) in [5, 5.41) is 7.24. The van der Waals surface area contributed by atoms with Crippen LogP contribution in [0, 0.1) is 0 Å². The molecule has 1 aromatic rings. The largest absolute Gasteiger partial charge is 0.373 e. The normalized spacial score (nSPS) is 22.8. The third-order valence-electron chi connectivity index (χ3n) is 4.60. The van der Waals surface area contributed by atoms with Crippen molar-refractivity contribution in [2.24, 2.45) is 0 Å². The fraction of sp³-hybridized carbons (Fsp3) is 0.409. The highest BCUT2D eigenvalue weighted by atomic mass is 35.5. The minimum absolute atomic E-state index is 0.0436. The van der Waals surface area contributed by atoms with E-state index in [0.29, 0.717) is 0 Å². The molecular formula is C22H29ClN2O. The first kappa shape index (κ1) is 20.3. The molecule has 3 rings (SSSR count). The van der Waals surface area contributed by atoms with Crippen LogP contribution in [-0.4, -0.2) is 18.0 Å². The Bertz CT molecular complexity index is 706. The van der Waals surface area contributed by atoms with Gasteiger partial charge in [0.25, 0.3) is 0 Å². The van der Waals surface area contributed by atoms with Gasteiger partial charge in [-0.25, -0.2) is 0 Å². The van der Waals surface area contributed by atoms with E-state index in [1.54, 1.807) is 0 Å². The van der Waals surface area contributed by atoms with Gasteiger partial charge in [0.05, 0.1) is 0 Å². The fourth-order valence-electron chi connectivity index (χ4n) is 3.19. The molecule has 0 fully saturated rings. The van der Waals surface area contributed by atoms with Crippen LogP contribution >= 0.6 is 11.6 Å². The van der Waals surface area contributed by atoms with E-state index < -0.39 is 0 Å². The van der Waals surface area contributed by atoms with Crippen molar-refractivity contribution in [3.05, 3.63) is 64.7 Å². The molecule has 0 saturated heterocycles. The van der Waals surface area contributed by atoms with Crippen molar-refractivity contribution >= 4 is 23.2 Å². The maximum absolute atomic E-state index is 12.6. The number of allylic oxidation sites excluding steroid dienone is 5. The lowest BCUT2D eigenvalue weighted by Gasteiger charge is -2.28. The number of carbonyl (C=O) groups excluding carboxylic acids is 1. The summed E-state index contributed by atoms with van der Waals surface area (Å²) in [5.74, 6) is 0.0607. The third-order valence-corrected chi connectivity index (χ3v) is 4.83. The summed E-state index contributed by atoms with van der Waals surface area (Å²) in [4.78, 5) is 12.6. The van der Waals surface area contributed by atoms with Gasteiger partial charge in [0.1, 0.15) is 6.04 Å². The Morgan fingerprint density at radius 1 is 1.23 bits per heavy atom. The Morgan fingerprint density at radius 3 is 2.85 bits per heavy atom. The van der Waals surface area contributed by atoms with Crippen LogP contribution < -0.4 is 10.6 Å². The van der Waals surface area contributed by atoms with E-state index >= 15 is 0 Å². The first-order valence-electron chi connectivity index (χ1n) is 9.51. The minimum atomic E-state index is -0.189. The summed E-state index contributed by atoms with van der Waals surface area (Å²) in [7, 11) is 0. The lowest BCUT2D eigenvalue weighted by atomic mass is 9.96. The number of amides is 1. The van der Waals surface area contributed by atoms with Crippen molar-refractivity contribution in [3.8, 4) is 0 Å². The Labute approximate surface area is 162 Å². The molecule has 1 aliphatic carbocycles. The molecule has 26 heavy (non-hydrogen) atoms. The molecule has 1 amide bonds. The summed E-state index contributed by atoms with van der Waals surface area (Å²) in [6.45, 7) is 6.05. The molecule has 140 valence electrons. The lowest BCUT2D eigenvalue weighted by molar-refractivity contribution is -0.122. The van der Waals surface area contributed by atoms with Crippen molar-refractivity contribution < 1.29 is 4.79 Å². The summed E-state index contributed by atoms with van der Waals surface area (Å²) in [6, 6.07) is 5.64. The first-order valence-corrected chi connectivity index (χ1v) is 9.89. The van der Waals surface area contributed by atoms with Crippen molar-refractivity contribution in [1.82, 2.24) is 5.32 Å². The Hall–Kier alpha value is -2.00. The SMILES string of the molecule is CC.CC(NC(=O)C1CCc2cc(Cl)ccc2N1)/C1=C/C=C\C=CCC1. The Morgan fingerprint density at radius 2 is 2.04 bits per heavy atom. The predicted molar refractivity (Wildman–Crippen MR) is 112 cm³/mol. The van der Waals surface area contributed by atoms with Crippen molar-refractivity contribution in [2.45, 2.75) is 58.5 Å². The molecule has 0 bridgehead atoms. The van der Waals surface area contributed by atoms with Crippen LogP contribution in [0.4, 0.5) is 5.69 Å². The van der Waals surface area contributed by atoms with Crippen LogP contribution in [-0.2, 0) is 11.2 Å². The van der Waals surface area contributed by atoms with Gasteiger partial charge in [0.2, 0.25) is 5.91 Å². The monoisotopic (exact) mass is 372 g/mol. The zero-order valence-corrected chi connectivity index (χ0v) is 16.6. The molecule has 3 nitrogen and oxygen atoms in total. The van der Waals surface area contributed by atoms with E-state index in [4.69, 9.17) is 11.6 Å². The zero-order chi connectivity index (χ0) is 18.9. The van der Waals surface area contributed by atoms with E-state index in [0.717, 1.165) is 36.4 Å². The molecular weight excluding hydrogens is 344 g/mol. The summed E-state index contributed by atoms with van der Waals surface area (Å²) in [5.41, 5.74) is 3.45. The molecule has 2 aliphatic rings. The number of aryl methyl sites for hydroxylation is 1. The van der Waals surface area contributed by atoms with Gasteiger partial charge >= 0.3 is 0 Å². The van der Waals surface area contributed by atoms with Crippen molar-refractivity contribution in [1.29, 1.82) is 0 Å². The number of anilines is 1. The number of rotatable bonds is 3. The van der Waals surface area contributed by atoms with E-state index in [2.05, 4.69) is 35.8 Å². The molecule has 2 atom stereocenters. The number of hydrogen-bond donors (Lipinski definition) is 2. The van der Waals surface area contributed by atoms with Crippen LogP contribution in [0.1, 0.15) is 45.6 Å². The van der Waals surface area contributed by atoms with Gasteiger partial charge in [-0.3, -0.25) is 4.79 Å². The number of carbonyl (C=O) groups is 1. The minimum Gasteiger partial charge on any atom is -0.373 e. The first-order chi connectivity index (χ1) is 12.6. The van der Waals surface area contributed by atoms with Gasteiger partial charge < -0.3 is 10.6 Å². The molecule has 0 radical (unpaired) electrons. The number of benzene rings is 1. The molecule has 4 heteroatoms. The average Bonchev–Trinajstić information content (AvgIpc) is 2.62. The van der Waals surface area contributed by atoms with E-state index in [1.165, 1.54) is 11.1 Å². The smallest absolute Gasteiger partial charge is 0.242 e. The second kappa shape index (κ2) is 10.2. The molecule has 2 unspecified atom stereocenters. The highest BCUT2D eigenvalue weighted by Gasteiger charge is 2.25. The van der Waals surface area contributed by atoms with Crippen LogP contribution in [0.5, 0.6) is 0 Å².